The first-order chi connectivity index (χ1) is 14.7. The average molecular weight is 430 g/mol. The molecule has 1 unspecified atom stereocenters. The molecule has 3 atom stereocenters. The predicted octanol–water partition coefficient (Wildman–Crippen LogP) is 2.60. The average Bonchev–Trinajstić information content (AvgIpc) is 2.76. The van der Waals surface area contributed by atoms with Gasteiger partial charge in [0.2, 0.25) is 0 Å². The first-order valence-corrected chi connectivity index (χ1v) is 9.70. The molecule has 0 heterocycles. The van der Waals surface area contributed by atoms with Crippen molar-refractivity contribution in [2.75, 3.05) is 13.2 Å². The molecule has 0 aliphatic carbocycles. The summed E-state index contributed by atoms with van der Waals surface area (Å²) in [4.78, 5) is 35.3. The molecule has 0 spiro atoms. The summed E-state index contributed by atoms with van der Waals surface area (Å²) in [5.41, 5.74) is -0.423. The molecule has 8 nitrogen and oxygen atoms in total. The predicted molar refractivity (Wildman–Crippen MR) is 110 cm³/mol. The molecule has 166 valence electrons. The zero-order valence-corrected chi connectivity index (χ0v) is 17.1. The van der Waals surface area contributed by atoms with Gasteiger partial charge in [-0.1, -0.05) is 55.5 Å². The van der Waals surface area contributed by atoms with E-state index >= 15 is 0 Å². The van der Waals surface area contributed by atoms with Gasteiger partial charge in [-0.05, 0) is 17.7 Å². The lowest BCUT2D eigenvalue weighted by atomic mass is 9.71. The minimum atomic E-state index is -1.53. The Balaban J connectivity index is 2.14. The number of ether oxygens (including phenoxy) is 2. The molecular weight excluding hydrogens is 404 g/mol. The van der Waals surface area contributed by atoms with Gasteiger partial charge in [0.15, 0.2) is 0 Å². The smallest absolute Gasteiger partial charge is 0.338 e. The van der Waals surface area contributed by atoms with E-state index in [-0.39, 0.29) is 18.8 Å². The van der Waals surface area contributed by atoms with E-state index in [4.69, 9.17) is 9.47 Å². The lowest BCUT2D eigenvalue weighted by molar-refractivity contribution is -0.164. The van der Waals surface area contributed by atoms with Crippen molar-refractivity contribution in [3.63, 3.8) is 0 Å². The van der Waals surface area contributed by atoms with Crippen LogP contribution >= 0.6 is 0 Å². The lowest BCUT2D eigenvalue weighted by Crippen LogP contribution is -2.49. The Bertz CT molecular complexity index is 868. The molecule has 8 heteroatoms. The van der Waals surface area contributed by atoms with Gasteiger partial charge in [-0.15, -0.1) is 0 Å². The van der Waals surface area contributed by atoms with Crippen LogP contribution in [-0.4, -0.2) is 52.5 Å². The van der Waals surface area contributed by atoms with Gasteiger partial charge >= 0.3 is 17.9 Å². The number of aliphatic carboxylic acids is 2. The standard InChI is InChI=1S/C23H26O8/c1-23(18(21(27)28)12-20(25)26,15-30-13-16-8-4-2-5-9-16)19(24)14-31-22(29)17-10-6-3-7-11-17/h2-11,18-19,24H,12-15H2,1H3,(H,25,26)(H,27,28)/t18-,19+,23?/m0/s1. The van der Waals surface area contributed by atoms with Crippen LogP contribution in [-0.2, 0) is 25.7 Å². The monoisotopic (exact) mass is 430 g/mol. The number of rotatable bonds is 12. The maximum Gasteiger partial charge on any atom is 0.338 e. The third kappa shape index (κ3) is 6.91. The summed E-state index contributed by atoms with van der Waals surface area (Å²) in [6.45, 7) is 0.797. The molecule has 2 rings (SSSR count). The van der Waals surface area contributed by atoms with Crippen LogP contribution in [0.15, 0.2) is 60.7 Å². The van der Waals surface area contributed by atoms with Crippen LogP contribution in [0.4, 0.5) is 0 Å². The SMILES string of the molecule is CC(COCc1ccccc1)([C@H](O)COC(=O)c1ccccc1)[C@@H](CC(=O)O)C(=O)O. The van der Waals surface area contributed by atoms with Crippen LogP contribution in [0.1, 0.15) is 29.3 Å². The summed E-state index contributed by atoms with van der Waals surface area (Å²) in [5, 5.41) is 29.6. The number of benzene rings is 2. The Morgan fingerprint density at radius 3 is 2.10 bits per heavy atom. The second-order valence-electron chi connectivity index (χ2n) is 7.45. The van der Waals surface area contributed by atoms with Crippen LogP contribution in [0.5, 0.6) is 0 Å². The molecule has 2 aromatic carbocycles. The number of aliphatic hydroxyl groups excluding tert-OH is 1. The molecule has 0 amide bonds. The summed E-state index contributed by atoms with van der Waals surface area (Å²) in [6.07, 6.45) is -2.19. The summed E-state index contributed by atoms with van der Waals surface area (Å²) >= 11 is 0. The van der Waals surface area contributed by atoms with E-state index in [1.807, 2.05) is 30.3 Å². The second-order valence-corrected chi connectivity index (χ2v) is 7.45. The van der Waals surface area contributed by atoms with E-state index in [9.17, 15) is 29.7 Å². The van der Waals surface area contributed by atoms with E-state index in [1.54, 1.807) is 30.3 Å². The molecule has 0 aromatic heterocycles. The van der Waals surface area contributed by atoms with Crippen LogP contribution in [0.2, 0.25) is 0 Å². The first kappa shape index (κ1) is 24.0. The fourth-order valence-electron chi connectivity index (χ4n) is 3.17. The molecule has 0 bridgehead atoms. The highest BCUT2D eigenvalue weighted by molar-refractivity contribution is 5.89. The van der Waals surface area contributed by atoms with Crippen molar-refractivity contribution in [2.24, 2.45) is 11.3 Å². The molecule has 0 saturated carbocycles. The van der Waals surface area contributed by atoms with Gasteiger partial charge in [0.1, 0.15) is 6.61 Å². The van der Waals surface area contributed by atoms with E-state index < -0.39 is 48.4 Å². The number of carboxylic acid groups (broad SMARTS) is 2. The van der Waals surface area contributed by atoms with Crippen molar-refractivity contribution in [3.8, 4) is 0 Å². The molecule has 2 aromatic rings. The normalized spacial score (nSPS) is 14.8. The Morgan fingerprint density at radius 1 is 0.968 bits per heavy atom. The van der Waals surface area contributed by atoms with Gasteiger partial charge in [-0.3, -0.25) is 9.59 Å². The van der Waals surface area contributed by atoms with Crippen molar-refractivity contribution in [3.05, 3.63) is 71.8 Å². The minimum absolute atomic E-state index is 0.145. The van der Waals surface area contributed by atoms with E-state index in [0.717, 1.165) is 5.56 Å². The van der Waals surface area contributed by atoms with Gasteiger partial charge < -0.3 is 24.8 Å². The Kier molecular flexibility index (Phi) is 8.72. The third-order valence-corrected chi connectivity index (χ3v) is 5.14. The van der Waals surface area contributed by atoms with Crippen LogP contribution in [0, 0.1) is 11.3 Å². The number of carbonyl (C=O) groups excluding carboxylic acids is 1. The lowest BCUT2D eigenvalue weighted by Gasteiger charge is -2.38. The van der Waals surface area contributed by atoms with Gasteiger partial charge in [-0.2, -0.15) is 0 Å². The summed E-state index contributed by atoms with van der Waals surface area (Å²) in [5.74, 6) is -4.86. The quantitative estimate of drug-likeness (QED) is 0.438. The van der Waals surface area contributed by atoms with E-state index in [2.05, 4.69) is 0 Å². The Morgan fingerprint density at radius 2 is 1.55 bits per heavy atom. The molecule has 0 radical (unpaired) electrons. The number of aliphatic hydroxyl groups is 1. The highest BCUT2D eigenvalue weighted by Crippen LogP contribution is 2.35. The van der Waals surface area contributed by atoms with Gasteiger partial charge in [0.05, 0.1) is 37.2 Å². The Hall–Kier alpha value is -3.23. The molecule has 3 N–H and O–H groups in total. The largest absolute Gasteiger partial charge is 0.481 e. The van der Waals surface area contributed by atoms with Gasteiger partial charge in [0, 0.05) is 5.41 Å². The minimum Gasteiger partial charge on any atom is -0.481 e. The first-order valence-electron chi connectivity index (χ1n) is 9.70. The fraction of sp³-hybridized carbons (Fsp3) is 0.348. The third-order valence-electron chi connectivity index (χ3n) is 5.14. The van der Waals surface area contributed by atoms with Gasteiger partial charge in [-0.25, -0.2) is 4.79 Å². The molecule has 0 saturated heterocycles. The summed E-state index contributed by atoms with van der Waals surface area (Å²) in [6, 6.07) is 17.2. The topological polar surface area (TPSA) is 130 Å². The zero-order chi connectivity index (χ0) is 22.9. The van der Waals surface area contributed by atoms with E-state index in [0.29, 0.717) is 0 Å². The molecule has 0 fully saturated rings. The summed E-state index contributed by atoms with van der Waals surface area (Å²) < 4.78 is 10.8. The second kappa shape index (κ2) is 11.2. The maximum absolute atomic E-state index is 12.2. The molecule has 0 aliphatic rings. The van der Waals surface area contributed by atoms with Crippen molar-refractivity contribution < 1.29 is 39.2 Å². The number of hydrogen-bond acceptors (Lipinski definition) is 6. The highest BCUT2D eigenvalue weighted by atomic mass is 16.5. The summed E-state index contributed by atoms with van der Waals surface area (Å²) in [7, 11) is 0. The van der Waals surface area contributed by atoms with E-state index in [1.165, 1.54) is 6.92 Å². The number of hydrogen-bond donors (Lipinski definition) is 3. The fourth-order valence-corrected chi connectivity index (χ4v) is 3.17. The Labute approximate surface area is 180 Å². The highest BCUT2D eigenvalue weighted by Gasteiger charge is 2.46. The molecule has 0 aliphatic heterocycles. The van der Waals surface area contributed by atoms with Crippen LogP contribution in [0.25, 0.3) is 0 Å². The van der Waals surface area contributed by atoms with Crippen LogP contribution < -0.4 is 0 Å². The van der Waals surface area contributed by atoms with Crippen LogP contribution in [0.3, 0.4) is 0 Å². The number of carbonyl (C=O) groups is 3. The molecule has 31 heavy (non-hydrogen) atoms. The van der Waals surface area contributed by atoms with Crippen molar-refractivity contribution >= 4 is 17.9 Å². The molecular formula is C23H26O8. The van der Waals surface area contributed by atoms with Gasteiger partial charge in [0.25, 0.3) is 0 Å². The van der Waals surface area contributed by atoms with Crippen molar-refractivity contribution in [2.45, 2.75) is 26.1 Å². The van der Waals surface area contributed by atoms with Crippen molar-refractivity contribution in [1.82, 2.24) is 0 Å². The maximum atomic E-state index is 12.2. The zero-order valence-electron chi connectivity index (χ0n) is 17.1. The number of esters is 1. The van der Waals surface area contributed by atoms with Crippen molar-refractivity contribution in [1.29, 1.82) is 0 Å². The number of carboxylic acids is 2.